The van der Waals surface area contributed by atoms with Gasteiger partial charge in [-0.05, 0) is 36.8 Å². The smallest absolute Gasteiger partial charge is 0.120 e. The number of nitriles is 1. The van der Waals surface area contributed by atoms with Gasteiger partial charge in [0.05, 0.1) is 12.7 Å². The second-order valence-corrected chi connectivity index (χ2v) is 4.76. The van der Waals surface area contributed by atoms with Crippen molar-refractivity contribution in [2.75, 3.05) is 12.8 Å². The summed E-state index contributed by atoms with van der Waals surface area (Å²) in [4.78, 5) is 0. The fourth-order valence-electron chi connectivity index (χ4n) is 2.00. The monoisotopic (exact) mass is 288 g/mol. The van der Waals surface area contributed by atoms with Gasteiger partial charge in [-0.25, -0.2) is 0 Å². The zero-order valence-electron chi connectivity index (χ0n) is 12.6. The number of aryl methyl sites for hydroxylation is 1. The van der Waals surface area contributed by atoms with Crippen LogP contribution in [0.5, 0.6) is 5.75 Å². The molecule has 0 saturated carbocycles. The molecule has 0 amide bonds. The van der Waals surface area contributed by atoms with Crippen molar-refractivity contribution >= 4 is 11.3 Å². The first kappa shape index (κ1) is 15.2. The van der Waals surface area contributed by atoms with E-state index in [1.54, 1.807) is 31.4 Å². The number of allylic oxidation sites excluding steroid dienone is 2. The van der Waals surface area contributed by atoms with E-state index in [2.05, 4.69) is 17.9 Å². The van der Waals surface area contributed by atoms with Gasteiger partial charge in [-0.2, -0.15) is 5.26 Å². The fourth-order valence-corrected chi connectivity index (χ4v) is 2.00. The van der Waals surface area contributed by atoms with Gasteiger partial charge in [-0.15, -0.1) is 0 Å². The molecular weight excluding hydrogens is 272 g/mol. The number of rotatable bonds is 2. The van der Waals surface area contributed by atoms with Gasteiger partial charge in [0.1, 0.15) is 11.8 Å². The molecule has 3 heteroatoms. The molecule has 108 valence electrons. The summed E-state index contributed by atoms with van der Waals surface area (Å²) in [6.07, 6.45) is 1.58. The molecule has 3 nitrogen and oxygen atoms in total. The Labute approximate surface area is 130 Å². The van der Waals surface area contributed by atoms with Crippen LogP contribution < -0.4 is 10.5 Å². The molecule has 2 rings (SSSR count). The highest BCUT2D eigenvalue weighted by Gasteiger charge is 2.05. The molecule has 2 N–H and O–H groups in total. The second kappa shape index (κ2) is 7.02. The molecule has 0 spiro atoms. The molecule has 0 bridgehead atoms. The Hall–Kier alpha value is -3.17. The van der Waals surface area contributed by atoms with Crippen LogP contribution in [0.1, 0.15) is 16.7 Å². The molecule has 0 aliphatic carbocycles. The fraction of sp³-hybridized carbons (Fsp3) is 0.105. The number of methoxy groups -OCH3 is 1. The topological polar surface area (TPSA) is 59.0 Å². The van der Waals surface area contributed by atoms with Crippen molar-refractivity contribution in [1.29, 1.82) is 5.26 Å². The quantitative estimate of drug-likeness (QED) is 0.522. The lowest BCUT2D eigenvalue weighted by Crippen LogP contribution is -1.94. The summed E-state index contributed by atoms with van der Waals surface area (Å²) in [5.74, 6) is 6.59. The van der Waals surface area contributed by atoms with E-state index in [9.17, 15) is 5.26 Å². The summed E-state index contributed by atoms with van der Waals surface area (Å²) in [6.45, 7) is 2.01. The molecule has 0 heterocycles. The van der Waals surface area contributed by atoms with Gasteiger partial charge in [0.15, 0.2) is 0 Å². The first-order valence-corrected chi connectivity index (χ1v) is 6.76. The predicted octanol–water partition coefficient (Wildman–Crippen LogP) is 3.54. The largest absolute Gasteiger partial charge is 0.497 e. The maximum atomic E-state index is 9.30. The predicted molar refractivity (Wildman–Crippen MR) is 89.1 cm³/mol. The Morgan fingerprint density at radius 3 is 2.68 bits per heavy atom. The van der Waals surface area contributed by atoms with Crippen LogP contribution in [0.15, 0.2) is 48.5 Å². The van der Waals surface area contributed by atoms with Crippen LogP contribution >= 0.6 is 0 Å². The number of nitrogen functional groups attached to an aromatic ring is 1. The molecule has 0 aliphatic heterocycles. The van der Waals surface area contributed by atoms with Crippen LogP contribution in [-0.2, 0) is 0 Å². The highest BCUT2D eigenvalue weighted by Crippen LogP contribution is 2.25. The summed E-state index contributed by atoms with van der Waals surface area (Å²) in [6, 6.07) is 15.2. The lowest BCUT2D eigenvalue weighted by molar-refractivity contribution is 0.415. The van der Waals surface area contributed by atoms with Crippen molar-refractivity contribution in [3.05, 3.63) is 65.2 Å². The van der Waals surface area contributed by atoms with E-state index in [1.807, 2.05) is 31.2 Å². The lowest BCUT2D eigenvalue weighted by Gasteiger charge is -2.05. The third kappa shape index (κ3) is 3.69. The number of hydrogen-bond acceptors (Lipinski definition) is 3. The van der Waals surface area contributed by atoms with Gasteiger partial charge < -0.3 is 10.5 Å². The highest BCUT2D eigenvalue weighted by molar-refractivity contribution is 5.85. The maximum absolute atomic E-state index is 9.30. The average molecular weight is 288 g/mol. The summed E-state index contributed by atoms with van der Waals surface area (Å²) < 4.78 is 5.10. The molecule has 22 heavy (non-hydrogen) atoms. The van der Waals surface area contributed by atoms with Crippen LogP contribution in [0.3, 0.4) is 0 Å². The Balaban J connectivity index is 2.32. The molecule has 0 aromatic heterocycles. The summed E-state index contributed by atoms with van der Waals surface area (Å²) in [5, 5.41) is 9.30. The summed E-state index contributed by atoms with van der Waals surface area (Å²) >= 11 is 0. The van der Waals surface area contributed by atoms with Crippen molar-refractivity contribution < 1.29 is 4.74 Å². The Kier molecular flexibility index (Phi) is 4.85. The third-order valence-electron chi connectivity index (χ3n) is 3.12. The van der Waals surface area contributed by atoms with Gasteiger partial charge in [0, 0.05) is 29.0 Å². The van der Waals surface area contributed by atoms with E-state index >= 15 is 0 Å². The van der Waals surface area contributed by atoms with Crippen molar-refractivity contribution in [1.82, 2.24) is 0 Å². The molecule has 0 aliphatic rings. The van der Waals surface area contributed by atoms with E-state index in [4.69, 9.17) is 10.5 Å². The molecule has 2 aromatic carbocycles. The number of nitrogens with zero attached hydrogens (tertiary/aromatic N) is 1. The van der Waals surface area contributed by atoms with Crippen molar-refractivity contribution in [2.24, 2.45) is 0 Å². The van der Waals surface area contributed by atoms with E-state index in [1.165, 1.54) is 0 Å². The van der Waals surface area contributed by atoms with Gasteiger partial charge in [-0.3, -0.25) is 0 Å². The molecular formula is C19H16N2O. The Morgan fingerprint density at radius 1 is 1.23 bits per heavy atom. The van der Waals surface area contributed by atoms with Crippen LogP contribution in [0.2, 0.25) is 0 Å². The molecule has 0 atom stereocenters. The summed E-state index contributed by atoms with van der Waals surface area (Å²) in [7, 11) is 1.57. The second-order valence-electron chi connectivity index (χ2n) is 4.76. The first-order chi connectivity index (χ1) is 10.6. The molecule has 0 fully saturated rings. The zero-order chi connectivity index (χ0) is 15.9. The number of nitrogens with two attached hydrogens (primary N) is 1. The third-order valence-corrected chi connectivity index (χ3v) is 3.12. The Bertz CT molecular complexity index is 817. The van der Waals surface area contributed by atoms with Crippen molar-refractivity contribution in [3.8, 4) is 23.7 Å². The zero-order valence-corrected chi connectivity index (χ0v) is 12.6. The number of hydrogen-bond donors (Lipinski definition) is 1. The maximum Gasteiger partial charge on any atom is 0.120 e. The minimum absolute atomic E-state index is 0.431. The normalized spacial score (nSPS) is 10.3. The van der Waals surface area contributed by atoms with Crippen molar-refractivity contribution in [3.63, 3.8) is 0 Å². The van der Waals surface area contributed by atoms with E-state index in [0.29, 0.717) is 22.6 Å². The van der Waals surface area contributed by atoms with E-state index in [0.717, 1.165) is 11.1 Å². The molecule has 0 saturated heterocycles. The van der Waals surface area contributed by atoms with Crippen LogP contribution in [0, 0.1) is 30.1 Å². The van der Waals surface area contributed by atoms with Gasteiger partial charge in [0.25, 0.3) is 0 Å². The van der Waals surface area contributed by atoms with Crippen LogP contribution in [0.4, 0.5) is 5.69 Å². The number of anilines is 1. The van der Waals surface area contributed by atoms with E-state index in [-0.39, 0.29) is 0 Å². The van der Waals surface area contributed by atoms with E-state index < -0.39 is 0 Å². The first-order valence-electron chi connectivity index (χ1n) is 6.76. The molecule has 0 unspecified atom stereocenters. The highest BCUT2D eigenvalue weighted by atomic mass is 16.5. The van der Waals surface area contributed by atoms with Crippen LogP contribution in [-0.4, -0.2) is 7.11 Å². The van der Waals surface area contributed by atoms with Gasteiger partial charge >= 0.3 is 0 Å². The SMILES string of the molecule is COc1ccc(/C(C#N)=C/C#Cc2cccc(C)c2)c(N)c1. The summed E-state index contributed by atoms with van der Waals surface area (Å²) in [5.41, 5.74) is 9.59. The average Bonchev–Trinajstić information content (AvgIpc) is 2.52. The van der Waals surface area contributed by atoms with Gasteiger partial charge in [-0.1, -0.05) is 24.0 Å². The lowest BCUT2D eigenvalue weighted by atomic mass is 10.0. The van der Waals surface area contributed by atoms with Crippen molar-refractivity contribution in [2.45, 2.75) is 6.92 Å². The number of benzene rings is 2. The standard InChI is InChI=1S/C19H16N2O/c1-14-5-3-6-15(11-14)7-4-8-16(13-20)18-10-9-17(22-2)12-19(18)21/h3,5-6,8-12H,21H2,1-2H3/b16-8+. The van der Waals surface area contributed by atoms with Crippen LogP contribution in [0.25, 0.3) is 5.57 Å². The minimum Gasteiger partial charge on any atom is -0.497 e. The Morgan fingerprint density at radius 2 is 2.05 bits per heavy atom. The minimum atomic E-state index is 0.431. The van der Waals surface area contributed by atoms with Gasteiger partial charge in [0.2, 0.25) is 0 Å². The molecule has 2 aromatic rings. The molecule has 0 radical (unpaired) electrons. The number of ether oxygens (including phenoxy) is 1.